The monoisotopic (exact) mass is 266 g/mol. The molecule has 0 saturated carbocycles. The summed E-state index contributed by atoms with van der Waals surface area (Å²) in [6, 6.07) is 0. The zero-order valence-corrected chi connectivity index (χ0v) is 13.0. The lowest BCUT2D eigenvalue weighted by Crippen LogP contribution is -2.62. The van der Waals surface area contributed by atoms with Crippen LogP contribution >= 0.6 is 0 Å². The Morgan fingerprint density at radius 3 is 2.53 bits per heavy atom. The van der Waals surface area contributed by atoms with Gasteiger partial charge in [-0.25, -0.2) is 0 Å². The van der Waals surface area contributed by atoms with Crippen LogP contribution in [0.5, 0.6) is 0 Å². The van der Waals surface area contributed by atoms with Crippen molar-refractivity contribution >= 4 is 0 Å². The molecule has 1 heterocycles. The molecule has 0 radical (unpaired) electrons. The molecular formula is C16H30N2O. The lowest BCUT2D eigenvalue weighted by Gasteiger charge is -2.40. The van der Waals surface area contributed by atoms with Crippen LogP contribution in [0.4, 0.5) is 0 Å². The van der Waals surface area contributed by atoms with E-state index >= 15 is 0 Å². The molecule has 0 bridgehead atoms. The van der Waals surface area contributed by atoms with Gasteiger partial charge in [0.1, 0.15) is 0 Å². The maximum absolute atomic E-state index is 6.21. The van der Waals surface area contributed by atoms with Gasteiger partial charge in [0.2, 0.25) is 0 Å². The third-order valence-electron chi connectivity index (χ3n) is 4.80. The van der Waals surface area contributed by atoms with Crippen molar-refractivity contribution in [2.24, 2.45) is 5.73 Å². The van der Waals surface area contributed by atoms with Gasteiger partial charge in [-0.3, -0.25) is 0 Å². The first-order valence-electron chi connectivity index (χ1n) is 7.63. The minimum Gasteiger partial charge on any atom is -0.368 e. The highest BCUT2D eigenvalue weighted by Crippen LogP contribution is 2.44. The Morgan fingerprint density at radius 1 is 1.32 bits per heavy atom. The minimum atomic E-state index is -0.213. The first-order chi connectivity index (χ1) is 8.80. The largest absolute Gasteiger partial charge is 0.368 e. The molecule has 3 nitrogen and oxygen atoms in total. The Bertz CT molecular complexity index is 360. The molecule has 19 heavy (non-hydrogen) atoms. The molecule has 1 aliphatic carbocycles. The Kier molecular flexibility index (Phi) is 4.10. The summed E-state index contributed by atoms with van der Waals surface area (Å²) in [6.45, 7) is 10.3. The van der Waals surface area contributed by atoms with Crippen LogP contribution in [0.1, 0.15) is 59.8 Å². The van der Waals surface area contributed by atoms with Crippen LogP contribution in [0.25, 0.3) is 0 Å². The van der Waals surface area contributed by atoms with Gasteiger partial charge in [-0.2, -0.15) is 0 Å². The average molecular weight is 266 g/mol. The third-order valence-corrected chi connectivity index (χ3v) is 4.80. The van der Waals surface area contributed by atoms with E-state index in [0.29, 0.717) is 6.54 Å². The van der Waals surface area contributed by atoms with Gasteiger partial charge in [0.05, 0.1) is 16.7 Å². The van der Waals surface area contributed by atoms with E-state index in [1.54, 1.807) is 5.57 Å². The molecule has 1 fully saturated rings. The molecule has 0 amide bonds. The van der Waals surface area contributed by atoms with Crippen LogP contribution in [0.15, 0.2) is 11.6 Å². The summed E-state index contributed by atoms with van der Waals surface area (Å²) in [5.74, 6) is 0. The molecule has 3 N–H and O–H groups in total. The average Bonchev–Trinajstić information content (AvgIpc) is 2.83. The zero-order chi connectivity index (χ0) is 14.1. The Balaban J connectivity index is 1.98. The SMILES string of the molecule is CC1(C)CC(CN)(NCCC2=CCCC2)C(C)(C)O1. The van der Waals surface area contributed by atoms with Crippen molar-refractivity contribution in [2.75, 3.05) is 13.1 Å². The molecule has 110 valence electrons. The van der Waals surface area contributed by atoms with Gasteiger partial charge in [0, 0.05) is 6.54 Å². The van der Waals surface area contributed by atoms with Crippen molar-refractivity contribution in [1.82, 2.24) is 5.32 Å². The molecule has 2 rings (SSSR count). The summed E-state index contributed by atoms with van der Waals surface area (Å²) in [5, 5.41) is 3.73. The fraction of sp³-hybridized carbons (Fsp3) is 0.875. The highest BCUT2D eigenvalue weighted by Gasteiger charge is 2.56. The normalized spacial score (nSPS) is 32.6. The van der Waals surface area contributed by atoms with Crippen LogP contribution in [0.2, 0.25) is 0 Å². The maximum Gasteiger partial charge on any atom is 0.0827 e. The summed E-state index contributed by atoms with van der Waals surface area (Å²) in [7, 11) is 0. The van der Waals surface area contributed by atoms with Crippen LogP contribution < -0.4 is 11.1 Å². The summed E-state index contributed by atoms with van der Waals surface area (Å²) in [5.41, 5.74) is 7.30. The van der Waals surface area contributed by atoms with Crippen LogP contribution in [-0.4, -0.2) is 29.8 Å². The van der Waals surface area contributed by atoms with Gasteiger partial charge in [-0.15, -0.1) is 0 Å². The second-order valence-electron chi connectivity index (χ2n) is 7.27. The topological polar surface area (TPSA) is 47.3 Å². The fourth-order valence-corrected chi connectivity index (χ4v) is 3.86. The second-order valence-corrected chi connectivity index (χ2v) is 7.27. The van der Waals surface area contributed by atoms with Gasteiger partial charge in [-0.1, -0.05) is 11.6 Å². The first-order valence-corrected chi connectivity index (χ1v) is 7.63. The smallest absolute Gasteiger partial charge is 0.0827 e. The van der Waals surface area contributed by atoms with Crippen LogP contribution in [0, 0.1) is 0 Å². The number of rotatable bonds is 5. The van der Waals surface area contributed by atoms with Crippen molar-refractivity contribution in [1.29, 1.82) is 0 Å². The predicted molar refractivity (Wildman–Crippen MR) is 80.2 cm³/mol. The molecule has 0 aromatic carbocycles. The van der Waals surface area contributed by atoms with Crippen LogP contribution in [0.3, 0.4) is 0 Å². The molecule has 1 atom stereocenters. The molecule has 2 aliphatic rings. The van der Waals surface area contributed by atoms with Crippen molar-refractivity contribution in [2.45, 2.75) is 76.5 Å². The first kappa shape index (κ1) is 15.0. The number of nitrogens with one attached hydrogen (secondary N) is 1. The lowest BCUT2D eigenvalue weighted by atomic mass is 9.79. The Labute approximate surface area is 118 Å². The second kappa shape index (κ2) is 5.19. The van der Waals surface area contributed by atoms with Gasteiger partial charge in [0.15, 0.2) is 0 Å². The van der Waals surface area contributed by atoms with E-state index in [1.807, 2.05) is 0 Å². The van der Waals surface area contributed by atoms with Gasteiger partial charge in [0.25, 0.3) is 0 Å². The zero-order valence-electron chi connectivity index (χ0n) is 13.0. The summed E-state index contributed by atoms with van der Waals surface area (Å²) in [4.78, 5) is 0. The van der Waals surface area contributed by atoms with Crippen molar-refractivity contribution < 1.29 is 4.74 Å². The summed E-state index contributed by atoms with van der Waals surface area (Å²) < 4.78 is 6.21. The standard InChI is InChI=1S/C16H30N2O/c1-14(2)11-16(12-17,15(3,4)19-14)18-10-9-13-7-5-6-8-13/h7,18H,5-6,8-12,17H2,1-4H3. The number of nitrogens with two attached hydrogens (primary N) is 1. The fourth-order valence-electron chi connectivity index (χ4n) is 3.86. The molecule has 0 spiro atoms. The Hall–Kier alpha value is -0.380. The number of allylic oxidation sites excluding steroid dienone is 1. The number of hydrogen-bond acceptors (Lipinski definition) is 3. The maximum atomic E-state index is 6.21. The minimum absolute atomic E-state index is 0.0947. The van der Waals surface area contributed by atoms with E-state index in [4.69, 9.17) is 10.5 Å². The number of hydrogen-bond donors (Lipinski definition) is 2. The molecular weight excluding hydrogens is 236 g/mol. The van der Waals surface area contributed by atoms with Gasteiger partial charge < -0.3 is 15.8 Å². The molecule has 1 aliphatic heterocycles. The van der Waals surface area contributed by atoms with Crippen molar-refractivity contribution in [3.05, 3.63) is 11.6 Å². The summed E-state index contributed by atoms with van der Waals surface area (Å²) in [6.07, 6.45) is 8.40. The van der Waals surface area contributed by atoms with E-state index in [9.17, 15) is 0 Å². The highest BCUT2D eigenvalue weighted by molar-refractivity contribution is 5.13. The van der Waals surface area contributed by atoms with Crippen molar-refractivity contribution in [3.8, 4) is 0 Å². The molecule has 0 aromatic heterocycles. The van der Waals surface area contributed by atoms with Gasteiger partial charge >= 0.3 is 0 Å². The van der Waals surface area contributed by atoms with Gasteiger partial charge in [-0.05, 0) is 66.3 Å². The van der Waals surface area contributed by atoms with E-state index in [1.165, 1.54) is 19.3 Å². The summed E-state index contributed by atoms with van der Waals surface area (Å²) >= 11 is 0. The number of ether oxygens (including phenoxy) is 1. The predicted octanol–water partition coefficient (Wildman–Crippen LogP) is 2.75. The third kappa shape index (κ3) is 3.04. The van der Waals surface area contributed by atoms with E-state index in [-0.39, 0.29) is 16.7 Å². The Morgan fingerprint density at radius 2 is 2.05 bits per heavy atom. The van der Waals surface area contributed by atoms with Crippen molar-refractivity contribution in [3.63, 3.8) is 0 Å². The van der Waals surface area contributed by atoms with E-state index in [2.05, 4.69) is 39.1 Å². The van der Waals surface area contributed by atoms with E-state index in [0.717, 1.165) is 19.4 Å². The molecule has 1 saturated heterocycles. The molecule has 3 heteroatoms. The highest BCUT2D eigenvalue weighted by atomic mass is 16.5. The van der Waals surface area contributed by atoms with E-state index < -0.39 is 0 Å². The van der Waals surface area contributed by atoms with Crippen LogP contribution in [-0.2, 0) is 4.74 Å². The lowest BCUT2D eigenvalue weighted by molar-refractivity contribution is -0.0819. The molecule has 1 unspecified atom stereocenters. The molecule has 0 aromatic rings. The quantitative estimate of drug-likeness (QED) is 0.752.